The molecule has 0 aromatic heterocycles. The van der Waals surface area contributed by atoms with Crippen LogP contribution in [0.25, 0.3) is 0 Å². The smallest absolute Gasteiger partial charge is 0.0494 e. The summed E-state index contributed by atoms with van der Waals surface area (Å²) in [6, 6.07) is 6.91. The van der Waals surface area contributed by atoms with Gasteiger partial charge in [0.2, 0.25) is 0 Å². The van der Waals surface area contributed by atoms with Crippen molar-refractivity contribution in [2.24, 2.45) is 5.84 Å². The van der Waals surface area contributed by atoms with E-state index in [9.17, 15) is 0 Å². The molecule has 15 heavy (non-hydrogen) atoms. The highest BCUT2D eigenvalue weighted by atomic mass is 15.2. The Kier molecular flexibility index (Phi) is 3.19. The Bertz CT molecular complexity index is 358. The summed E-state index contributed by atoms with van der Waals surface area (Å²) >= 11 is 0. The van der Waals surface area contributed by atoms with Gasteiger partial charge in [-0.15, -0.1) is 6.58 Å². The predicted octanol–water partition coefficient (Wildman–Crippen LogP) is 2.26. The normalized spacial score (nSPS) is 16.1. The zero-order chi connectivity index (χ0) is 10.7. The predicted molar refractivity (Wildman–Crippen MR) is 63.3 cm³/mol. The lowest BCUT2D eigenvalue weighted by atomic mass is 9.99. The SMILES string of the molecule is C=CCC(NN)c1ccc2c(c1)CCC2. The number of hydrogen-bond donors (Lipinski definition) is 2. The van der Waals surface area contributed by atoms with Gasteiger partial charge < -0.3 is 0 Å². The molecule has 2 nitrogen and oxygen atoms in total. The molecule has 0 heterocycles. The van der Waals surface area contributed by atoms with Crippen LogP contribution in [-0.4, -0.2) is 0 Å². The average molecular weight is 202 g/mol. The summed E-state index contributed by atoms with van der Waals surface area (Å²) in [5, 5.41) is 0. The Morgan fingerprint density at radius 2 is 2.20 bits per heavy atom. The van der Waals surface area contributed by atoms with Crippen LogP contribution in [0.15, 0.2) is 30.9 Å². The summed E-state index contributed by atoms with van der Waals surface area (Å²) in [4.78, 5) is 0. The second-order valence-electron chi connectivity index (χ2n) is 4.13. The molecule has 1 aromatic rings. The fourth-order valence-corrected chi connectivity index (χ4v) is 2.28. The summed E-state index contributed by atoms with van der Waals surface area (Å²) < 4.78 is 0. The van der Waals surface area contributed by atoms with E-state index >= 15 is 0 Å². The van der Waals surface area contributed by atoms with E-state index in [1.807, 2.05) is 6.08 Å². The average Bonchev–Trinajstić information content (AvgIpc) is 2.72. The maximum Gasteiger partial charge on any atom is 0.0494 e. The largest absolute Gasteiger partial charge is 0.271 e. The highest BCUT2D eigenvalue weighted by Crippen LogP contribution is 2.26. The molecule has 0 bridgehead atoms. The number of nitrogens with two attached hydrogens (primary N) is 1. The topological polar surface area (TPSA) is 38.0 Å². The molecule has 0 radical (unpaired) electrons. The van der Waals surface area contributed by atoms with Crippen molar-refractivity contribution in [3.63, 3.8) is 0 Å². The quantitative estimate of drug-likeness (QED) is 0.446. The summed E-state index contributed by atoms with van der Waals surface area (Å²) in [5.41, 5.74) is 7.12. The molecule has 0 fully saturated rings. The molecule has 0 aliphatic heterocycles. The zero-order valence-electron chi connectivity index (χ0n) is 9.00. The summed E-state index contributed by atoms with van der Waals surface area (Å²) in [6.07, 6.45) is 6.51. The Hall–Kier alpha value is -1.12. The van der Waals surface area contributed by atoms with Gasteiger partial charge in [-0.1, -0.05) is 24.3 Å². The van der Waals surface area contributed by atoms with E-state index in [2.05, 4.69) is 30.2 Å². The van der Waals surface area contributed by atoms with Crippen molar-refractivity contribution in [1.82, 2.24) is 5.43 Å². The number of nitrogens with one attached hydrogen (secondary N) is 1. The molecular formula is C13H18N2. The molecule has 1 aliphatic carbocycles. The minimum Gasteiger partial charge on any atom is -0.271 e. The van der Waals surface area contributed by atoms with Gasteiger partial charge in [0, 0.05) is 6.04 Å². The standard InChI is InChI=1S/C13H18N2/c1-2-4-13(15-14)12-8-7-10-5-3-6-11(10)9-12/h2,7-9,13,15H,1,3-6,14H2. The molecule has 0 amide bonds. The van der Waals surface area contributed by atoms with Crippen molar-refractivity contribution in [2.75, 3.05) is 0 Å². The Balaban J connectivity index is 2.24. The third-order valence-electron chi connectivity index (χ3n) is 3.13. The minimum absolute atomic E-state index is 0.202. The molecule has 2 rings (SSSR count). The van der Waals surface area contributed by atoms with E-state index in [1.54, 1.807) is 0 Å². The summed E-state index contributed by atoms with van der Waals surface area (Å²) in [5.74, 6) is 5.54. The number of aryl methyl sites for hydroxylation is 2. The number of hydrazine groups is 1. The summed E-state index contributed by atoms with van der Waals surface area (Å²) in [7, 11) is 0. The van der Waals surface area contributed by atoms with Crippen LogP contribution in [0.2, 0.25) is 0 Å². The molecular weight excluding hydrogens is 184 g/mol. The molecule has 1 aromatic carbocycles. The van der Waals surface area contributed by atoms with Gasteiger partial charge in [0.25, 0.3) is 0 Å². The first-order chi connectivity index (χ1) is 7.35. The van der Waals surface area contributed by atoms with Crippen molar-refractivity contribution in [3.05, 3.63) is 47.5 Å². The first kappa shape index (κ1) is 10.4. The van der Waals surface area contributed by atoms with E-state index in [-0.39, 0.29) is 6.04 Å². The molecule has 1 atom stereocenters. The van der Waals surface area contributed by atoms with E-state index in [0.29, 0.717) is 0 Å². The van der Waals surface area contributed by atoms with Gasteiger partial charge in [0.15, 0.2) is 0 Å². The van der Waals surface area contributed by atoms with E-state index < -0.39 is 0 Å². The molecule has 0 spiro atoms. The Morgan fingerprint density at radius 3 is 2.93 bits per heavy atom. The van der Waals surface area contributed by atoms with E-state index in [0.717, 1.165) is 6.42 Å². The van der Waals surface area contributed by atoms with Crippen LogP contribution >= 0.6 is 0 Å². The van der Waals surface area contributed by atoms with Gasteiger partial charge >= 0.3 is 0 Å². The van der Waals surface area contributed by atoms with Crippen molar-refractivity contribution >= 4 is 0 Å². The van der Waals surface area contributed by atoms with Crippen molar-refractivity contribution in [2.45, 2.75) is 31.7 Å². The molecule has 0 saturated heterocycles. The first-order valence-electron chi connectivity index (χ1n) is 5.54. The van der Waals surface area contributed by atoms with Crippen LogP contribution in [0, 0.1) is 0 Å². The molecule has 0 saturated carbocycles. The maximum absolute atomic E-state index is 5.54. The second kappa shape index (κ2) is 4.60. The maximum atomic E-state index is 5.54. The van der Waals surface area contributed by atoms with Crippen LogP contribution in [0.3, 0.4) is 0 Å². The Labute approximate surface area is 91.2 Å². The molecule has 2 heteroatoms. The zero-order valence-corrected chi connectivity index (χ0v) is 9.00. The fraction of sp³-hybridized carbons (Fsp3) is 0.385. The van der Waals surface area contributed by atoms with E-state index in [1.165, 1.54) is 36.0 Å². The minimum atomic E-state index is 0.202. The number of hydrogen-bond acceptors (Lipinski definition) is 2. The molecule has 80 valence electrons. The monoisotopic (exact) mass is 202 g/mol. The van der Waals surface area contributed by atoms with Crippen LogP contribution in [-0.2, 0) is 12.8 Å². The van der Waals surface area contributed by atoms with E-state index in [4.69, 9.17) is 5.84 Å². The highest BCUT2D eigenvalue weighted by molar-refractivity contribution is 5.36. The van der Waals surface area contributed by atoms with Crippen molar-refractivity contribution in [3.8, 4) is 0 Å². The van der Waals surface area contributed by atoms with Crippen molar-refractivity contribution in [1.29, 1.82) is 0 Å². The number of benzene rings is 1. The van der Waals surface area contributed by atoms with Crippen LogP contribution < -0.4 is 11.3 Å². The number of fused-ring (bicyclic) bond motifs is 1. The van der Waals surface area contributed by atoms with Crippen LogP contribution in [0.5, 0.6) is 0 Å². The number of rotatable bonds is 4. The third-order valence-corrected chi connectivity index (χ3v) is 3.13. The molecule has 1 aliphatic rings. The van der Waals surface area contributed by atoms with Gasteiger partial charge in [0.05, 0.1) is 0 Å². The van der Waals surface area contributed by atoms with Gasteiger partial charge in [-0.3, -0.25) is 11.3 Å². The van der Waals surface area contributed by atoms with Gasteiger partial charge in [-0.2, -0.15) is 0 Å². The van der Waals surface area contributed by atoms with Crippen LogP contribution in [0.4, 0.5) is 0 Å². The van der Waals surface area contributed by atoms with Gasteiger partial charge in [-0.05, 0) is 42.4 Å². The van der Waals surface area contributed by atoms with Gasteiger partial charge in [0.1, 0.15) is 0 Å². The fourth-order valence-electron chi connectivity index (χ4n) is 2.28. The lowest BCUT2D eigenvalue weighted by Gasteiger charge is -2.15. The van der Waals surface area contributed by atoms with Crippen LogP contribution in [0.1, 0.15) is 35.6 Å². The van der Waals surface area contributed by atoms with Crippen molar-refractivity contribution < 1.29 is 0 Å². The molecule has 3 N–H and O–H groups in total. The third kappa shape index (κ3) is 2.11. The first-order valence-corrected chi connectivity index (χ1v) is 5.54. The molecule has 1 unspecified atom stereocenters. The lowest BCUT2D eigenvalue weighted by Crippen LogP contribution is -2.27. The highest BCUT2D eigenvalue weighted by Gasteiger charge is 2.14. The Morgan fingerprint density at radius 1 is 1.40 bits per heavy atom. The van der Waals surface area contributed by atoms with Gasteiger partial charge in [-0.25, -0.2) is 0 Å². The second-order valence-corrected chi connectivity index (χ2v) is 4.13. The lowest BCUT2D eigenvalue weighted by molar-refractivity contribution is 0.561. The summed E-state index contributed by atoms with van der Waals surface area (Å²) in [6.45, 7) is 3.75.